The summed E-state index contributed by atoms with van der Waals surface area (Å²) in [5.41, 5.74) is 1.94. The molecule has 0 spiro atoms. The summed E-state index contributed by atoms with van der Waals surface area (Å²) in [6, 6.07) is 0.759. The van der Waals surface area contributed by atoms with E-state index in [1.807, 2.05) is 42.7 Å². The Morgan fingerprint density at radius 3 is 2.40 bits per heavy atom. The van der Waals surface area contributed by atoms with Crippen molar-refractivity contribution in [2.24, 2.45) is 0 Å². The van der Waals surface area contributed by atoms with Gasteiger partial charge in [0.1, 0.15) is 22.5 Å². The van der Waals surface area contributed by atoms with Crippen LogP contribution in [0.15, 0.2) is 24.8 Å². The van der Waals surface area contributed by atoms with Crippen LogP contribution in [0.1, 0.15) is 71.9 Å². The molecule has 3 saturated heterocycles. The molecule has 11 nitrogen and oxygen atoms in total. The number of piperidine rings is 1. The number of carbonyl (C=O) groups is 1. The first-order chi connectivity index (χ1) is 20.2. The van der Waals surface area contributed by atoms with Crippen LogP contribution in [0.4, 0.5) is 9.93 Å². The average molecular weight is 609 g/mol. The molecule has 3 aliphatic rings. The third-order valence-electron chi connectivity index (χ3n) is 8.35. The fourth-order valence-corrected chi connectivity index (χ4v) is 8.31. The van der Waals surface area contributed by atoms with Gasteiger partial charge in [-0.1, -0.05) is 22.7 Å². The first-order valence-electron chi connectivity index (χ1n) is 14.7. The number of carbonyl (C=O) groups excluding carboxylic acids is 1. The number of ether oxygens (including phenoxy) is 2. The van der Waals surface area contributed by atoms with Gasteiger partial charge in [0.05, 0.1) is 24.3 Å². The minimum atomic E-state index is -0.482. The molecule has 0 N–H and O–H groups in total. The standard InChI is InChI=1S/C29H36N8O3S2/c1-29(2,3)40-28(38)37-18-8-9-19(37)12-20(11-18)35(4)27-34-26-25(42-27)33-24(41-26)22-15-30-21(14-31-22)17-13-32-36(16-17)23-7-5-6-10-39-23/h13-16,18-20,23H,5-12H2,1-4H3/t18-,19+,20?,23?. The van der Waals surface area contributed by atoms with E-state index in [4.69, 9.17) is 19.4 Å². The van der Waals surface area contributed by atoms with Gasteiger partial charge in [-0.05, 0) is 65.7 Å². The molecule has 2 bridgehead atoms. The third-order valence-corrected chi connectivity index (χ3v) is 10.5. The molecule has 2 unspecified atom stereocenters. The lowest BCUT2D eigenvalue weighted by molar-refractivity contribution is -0.0394. The molecule has 0 aromatic carbocycles. The van der Waals surface area contributed by atoms with Crippen LogP contribution in [0, 0.1) is 0 Å². The highest BCUT2D eigenvalue weighted by Crippen LogP contribution is 2.41. The summed E-state index contributed by atoms with van der Waals surface area (Å²) in [5, 5.41) is 6.27. The van der Waals surface area contributed by atoms with E-state index in [1.165, 1.54) is 11.3 Å². The monoisotopic (exact) mass is 608 g/mol. The Morgan fingerprint density at radius 2 is 1.74 bits per heavy atom. The number of nitrogens with zero attached hydrogens (tertiary/aromatic N) is 8. The van der Waals surface area contributed by atoms with Gasteiger partial charge in [0.25, 0.3) is 0 Å². The first-order valence-corrected chi connectivity index (χ1v) is 16.4. The molecule has 7 rings (SSSR count). The van der Waals surface area contributed by atoms with E-state index in [0.29, 0.717) is 6.04 Å². The molecule has 0 radical (unpaired) electrons. The van der Waals surface area contributed by atoms with E-state index in [2.05, 4.69) is 27.0 Å². The molecule has 7 heterocycles. The zero-order chi connectivity index (χ0) is 29.0. The number of amides is 1. The first kappa shape index (κ1) is 27.7. The summed E-state index contributed by atoms with van der Waals surface area (Å²) in [6.07, 6.45) is 14.3. The third kappa shape index (κ3) is 5.37. The van der Waals surface area contributed by atoms with Gasteiger partial charge in [-0.3, -0.25) is 4.98 Å². The fraction of sp³-hybridized carbons (Fsp3) is 0.586. The second-order valence-electron chi connectivity index (χ2n) is 12.5. The minimum absolute atomic E-state index is 0.000368. The largest absolute Gasteiger partial charge is 0.444 e. The van der Waals surface area contributed by atoms with E-state index in [9.17, 15) is 4.79 Å². The van der Waals surface area contributed by atoms with Crippen LogP contribution in [0.3, 0.4) is 0 Å². The molecule has 42 heavy (non-hydrogen) atoms. The number of hydrogen-bond acceptors (Lipinski definition) is 11. The fourth-order valence-electron chi connectivity index (χ4n) is 6.27. The zero-order valence-electron chi connectivity index (χ0n) is 24.4. The quantitative estimate of drug-likeness (QED) is 0.264. The van der Waals surface area contributed by atoms with Crippen molar-refractivity contribution in [1.29, 1.82) is 0 Å². The Kier molecular flexibility index (Phi) is 7.14. The van der Waals surface area contributed by atoms with Gasteiger partial charge in [0, 0.05) is 43.5 Å². The Labute approximate surface area is 252 Å². The van der Waals surface area contributed by atoms with Gasteiger partial charge in [-0.15, -0.1) is 0 Å². The Balaban J connectivity index is 1.01. The van der Waals surface area contributed by atoms with Gasteiger partial charge in [-0.2, -0.15) is 5.10 Å². The summed E-state index contributed by atoms with van der Waals surface area (Å²) >= 11 is 3.15. The van der Waals surface area contributed by atoms with Crippen LogP contribution in [-0.2, 0) is 9.47 Å². The van der Waals surface area contributed by atoms with Crippen LogP contribution in [-0.4, -0.2) is 78.1 Å². The minimum Gasteiger partial charge on any atom is -0.444 e. The summed E-state index contributed by atoms with van der Waals surface area (Å²) < 4.78 is 13.4. The van der Waals surface area contributed by atoms with Gasteiger partial charge in [-0.25, -0.2) is 24.4 Å². The number of aromatic nitrogens is 6. The van der Waals surface area contributed by atoms with E-state index >= 15 is 0 Å². The van der Waals surface area contributed by atoms with Gasteiger partial charge >= 0.3 is 6.09 Å². The molecular weight excluding hydrogens is 573 g/mol. The normalized spacial score (nSPS) is 24.3. The lowest BCUT2D eigenvalue weighted by atomic mass is 9.97. The zero-order valence-corrected chi connectivity index (χ0v) is 26.0. The Morgan fingerprint density at radius 1 is 1.00 bits per heavy atom. The highest BCUT2D eigenvalue weighted by Gasteiger charge is 2.46. The number of anilines is 1. The maximum atomic E-state index is 12.9. The predicted molar refractivity (Wildman–Crippen MR) is 163 cm³/mol. The molecular formula is C29H36N8O3S2. The van der Waals surface area contributed by atoms with Crippen LogP contribution in [0.25, 0.3) is 31.6 Å². The van der Waals surface area contributed by atoms with E-state index < -0.39 is 5.60 Å². The number of rotatable bonds is 5. The van der Waals surface area contributed by atoms with Crippen molar-refractivity contribution >= 4 is 43.6 Å². The molecule has 222 valence electrons. The van der Waals surface area contributed by atoms with Crippen molar-refractivity contribution < 1.29 is 14.3 Å². The lowest BCUT2D eigenvalue weighted by Gasteiger charge is -2.42. The maximum absolute atomic E-state index is 12.9. The average Bonchev–Trinajstić information content (AvgIpc) is 3.74. The van der Waals surface area contributed by atoms with Crippen LogP contribution >= 0.6 is 22.7 Å². The molecule has 0 saturated carbocycles. The molecule has 3 fully saturated rings. The summed E-state index contributed by atoms with van der Waals surface area (Å²) in [4.78, 5) is 38.1. The smallest absolute Gasteiger partial charge is 0.410 e. The summed E-state index contributed by atoms with van der Waals surface area (Å²) in [5.74, 6) is 0. The topological polar surface area (TPSA) is 111 Å². The van der Waals surface area contributed by atoms with Crippen molar-refractivity contribution in [2.75, 3.05) is 18.6 Å². The Bertz CT molecular complexity index is 1520. The lowest BCUT2D eigenvalue weighted by Crippen LogP contribution is -2.53. The van der Waals surface area contributed by atoms with E-state index in [0.717, 1.165) is 88.3 Å². The van der Waals surface area contributed by atoms with Crippen molar-refractivity contribution in [3.63, 3.8) is 0 Å². The van der Waals surface area contributed by atoms with Crippen molar-refractivity contribution in [3.8, 4) is 22.0 Å². The Hall–Kier alpha value is -3.16. The SMILES string of the molecule is CN(c1nc2sc(-c3cnc(-c4cnn(C5CCCCO5)c4)cn3)nc2s1)C1C[C@H]2CC[C@@H](C1)N2C(=O)OC(C)(C)C. The highest BCUT2D eigenvalue weighted by molar-refractivity contribution is 7.29. The molecule has 4 atom stereocenters. The number of hydrogen-bond donors (Lipinski definition) is 0. The second-order valence-corrected chi connectivity index (χ2v) is 14.4. The summed E-state index contributed by atoms with van der Waals surface area (Å²) in [7, 11) is 2.11. The van der Waals surface area contributed by atoms with Crippen LogP contribution in [0.2, 0.25) is 0 Å². The van der Waals surface area contributed by atoms with Crippen LogP contribution in [0.5, 0.6) is 0 Å². The predicted octanol–water partition coefficient (Wildman–Crippen LogP) is 6.14. The number of thiazole rings is 2. The van der Waals surface area contributed by atoms with Crippen molar-refractivity contribution in [1.82, 2.24) is 34.6 Å². The van der Waals surface area contributed by atoms with Gasteiger partial charge in [0.2, 0.25) is 0 Å². The van der Waals surface area contributed by atoms with Gasteiger partial charge in [0.15, 0.2) is 14.8 Å². The number of fused-ring (bicyclic) bond motifs is 3. The molecule has 4 aromatic heterocycles. The van der Waals surface area contributed by atoms with E-state index in [-0.39, 0.29) is 24.4 Å². The van der Waals surface area contributed by atoms with Crippen molar-refractivity contribution in [2.45, 2.75) is 95.7 Å². The molecule has 4 aromatic rings. The van der Waals surface area contributed by atoms with Gasteiger partial charge < -0.3 is 19.3 Å². The maximum Gasteiger partial charge on any atom is 0.410 e. The van der Waals surface area contributed by atoms with E-state index in [1.54, 1.807) is 23.7 Å². The van der Waals surface area contributed by atoms with Crippen LogP contribution < -0.4 is 4.90 Å². The second kappa shape index (κ2) is 10.8. The molecule has 0 aliphatic carbocycles. The summed E-state index contributed by atoms with van der Waals surface area (Å²) in [6.45, 7) is 6.55. The molecule has 3 aliphatic heterocycles. The molecule has 1 amide bonds. The highest BCUT2D eigenvalue weighted by atomic mass is 32.1. The molecule has 13 heteroatoms. The van der Waals surface area contributed by atoms with Crippen molar-refractivity contribution in [3.05, 3.63) is 24.8 Å².